The number of benzene rings is 1. The van der Waals surface area contributed by atoms with Crippen LogP contribution in [0.25, 0.3) is 0 Å². The van der Waals surface area contributed by atoms with Gasteiger partial charge >= 0.3 is 0 Å². The van der Waals surface area contributed by atoms with E-state index in [1.165, 1.54) is 5.56 Å². The van der Waals surface area contributed by atoms with Crippen molar-refractivity contribution in [3.05, 3.63) is 35.9 Å². The molecule has 1 aromatic rings. The van der Waals surface area contributed by atoms with E-state index in [1.807, 2.05) is 0 Å². The van der Waals surface area contributed by atoms with Crippen LogP contribution in [-0.2, 0) is 4.74 Å². The van der Waals surface area contributed by atoms with Crippen molar-refractivity contribution >= 4 is 0 Å². The van der Waals surface area contributed by atoms with Crippen molar-refractivity contribution in [1.82, 2.24) is 4.90 Å². The van der Waals surface area contributed by atoms with Gasteiger partial charge in [0.1, 0.15) is 0 Å². The molecule has 3 nitrogen and oxygen atoms in total. The number of hydrogen-bond donors (Lipinski definition) is 1. The minimum absolute atomic E-state index is 0.106. The molecular weight excluding hydrogens is 262 g/mol. The first kappa shape index (κ1) is 15.0. The molecule has 0 bridgehead atoms. The van der Waals surface area contributed by atoms with Crippen molar-refractivity contribution in [1.29, 1.82) is 0 Å². The summed E-state index contributed by atoms with van der Waals surface area (Å²) in [6, 6.07) is 10.8. The van der Waals surface area contributed by atoms with E-state index in [1.54, 1.807) is 0 Å². The Bertz CT molecular complexity index is 416. The largest absolute Gasteiger partial charge is 0.393 e. The minimum atomic E-state index is -0.106. The van der Waals surface area contributed by atoms with Gasteiger partial charge in [-0.2, -0.15) is 0 Å². The molecule has 3 atom stereocenters. The molecule has 3 heteroatoms. The van der Waals surface area contributed by atoms with Gasteiger partial charge in [-0.3, -0.25) is 4.90 Å². The summed E-state index contributed by atoms with van der Waals surface area (Å²) in [5.74, 6) is 1.08. The molecule has 0 spiro atoms. The van der Waals surface area contributed by atoms with Gasteiger partial charge in [-0.05, 0) is 49.6 Å². The predicted molar refractivity (Wildman–Crippen MR) is 84.4 cm³/mol. The lowest BCUT2D eigenvalue weighted by Gasteiger charge is -2.35. The molecule has 1 aromatic carbocycles. The Balaban J connectivity index is 1.53. The zero-order chi connectivity index (χ0) is 14.5. The fourth-order valence-corrected chi connectivity index (χ4v) is 3.76. The maximum Gasteiger partial charge on any atom is 0.0594 e. The molecule has 1 aliphatic carbocycles. The van der Waals surface area contributed by atoms with Gasteiger partial charge in [0.15, 0.2) is 0 Å². The minimum Gasteiger partial charge on any atom is -0.393 e. The van der Waals surface area contributed by atoms with E-state index in [2.05, 4.69) is 35.2 Å². The lowest BCUT2D eigenvalue weighted by Crippen LogP contribution is -2.39. The molecule has 0 amide bonds. The van der Waals surface area contributed by atoms with Crippen LogP contribution in [-0.4, -0.2) is 49.0 Å². The van der Waals surface area contributed by atoms with E-state index in [0.29, 0.717) is 11.8 Å². The summed E-state index contributed by atoms with van der Waals surface area (Å²) < 4.78 is 5.40. The standard InChI is InChI=1S/C18H27NO2/c20-18-7-6-16(15-4-2-1-3-5-15)14-17(18)8-9-19-10-12-21-13-11-19/h1-5,16-18,20H,6-14H2. The first-order valence-corrected chi connectivity index (χ1v) is 8.36. The molecule has 1 saturated carbocycles. The molecule has 1 saturated heterocycles. The highest BCUT2D eigenvalue weighted by atomic mass is 16.5. The second-order valence-electron chi connectivity index (χ2n) is 6.49. The van der Waals surface area contributed by atoms with Gasteiger partial charge in [0.05, 0.1) is 19.3 Å². The molecule has 3 rings (SSSR count). The van der Waals surface area contributed by atoms with E-state index in [4.69, 9.17) is 4.74 Å². The molecule has 3 unspecified atom stereocenters. The molecule has 21 heavy (non-hydrogen) atoms. The summed E-state index contributed by atoms with van der Waals surface area (Å²) in [5, 5.41) is 10.3. The van der Waals surface area contributed by atoms with E-state index >= 15 is 0 Å². The van der Waals surface area contributed by atoms with Crippen molar-refractivity contribution in [3.8, 4) is 0 Å². The number of morpholine rings is 1. The normalized spacial score (nSPS) is 31.2. The first-order valence-electron chi connectivity index (χ1n) is 8.36. The molecule has 0 aromatic heterocycles. The van der Waals surface area contributed by atoms with Gasteiger partial charge < -0.3 is 9.84 Å². The molecule has 1 aliphatic heterocycles. The number of rotatable bonds is 4. The van der Waals surface area contributed by atoms with E-state index in [-0.39, 0.29) is 6.10 Å². The molecule has 116 valence electrons. The van der Waals surface area contributed by atoms with Crippen molar-refractivity contribution < 1.29 is 9.84 Å². The average Bonchev–Trinajstić information content (AvgIpc) is 2.56. The molecule has 1 heterocycles. The van der Waals surface area contributed by atoms with Crippen molar-refractivity contribution in [2.75, 3.05) is 32.8 Å². The van der Waals surface area contributed by atoms with Gasteiger partial charge in [0, 0.05) is 13.1 Å². The maximum absolute atomic E-state index is 10.3. The van der Waals surface area contributed by atoms with Gasteiger partial charge in [-0.1, -0.05) is 30.3 Å². The maximum atomic E-state index is 10.3. The van der Waals surface area contributed by atoms with Gasteiger partial charge in [-0.25, -0.2) is 0 Å². The van der Waals surface area contributed by atoms with Crippen molar-refractivity contribution in [2.24, 2.45) is 5.92 Å². The fraction of sp³-hybridized carbons (Fsp3) is 0.667. The zero-order valence-electron chi connectivity index (χ0n) is 12.8. The first-order chi connectivity index (χ1) is 10.3. The Kier molecular flexibility index (Phi) is 5.28. The third kappa shape index (κ3) is 4.06. The number of ether oxygens (including phenoxy) is 1. The lowest BCUT2D eigenvalue weighted by atomic mass is 9.75. The fourth-order valence-electron chi connectivity index (χ4n) is 3.76. The van der Waals surface area contributed by atoms with E-state index in [9.17, 15) is 5.11 Å². The summed E-state index contributed by atoms with van der Waals surface area (Å²) in [5.41, 5.74) is 1.45. The second-order valence-corrected chi connectivity index (χ2v) is 6.49. The summed E-state index contributed by atoms with van der Waals surface area (Å²) in [6.45, 7) is 4.92. The SMILES string of the molecule is OC1CCC(c2ccccc2)CC1CCN1CCOCC1. The Morgan fingerprint density at radius 3 is 2.62 bits per heavy atom. The second kappa shape index (κ2) is 7.39. The number of aliphatic hydroxyl groups is 1. The van der Waals surface area contributed by atoms with Crippen molar-refractivity contribution in [3.63, 3.8) is 0 Å². The average molecular weight is 289 g/mol. The molecule has 2 aliphatic rings. The van der Waals surface area contributed by atoms with Crippen LogP contribution in [0, 0.1) is 5.92 Å². The van der Waals surface area contributed by atoms with Gasteiger partial charge in [-0.15, -0.1) is 0 Å². The summed E-state index contributed by atoms with van der Waals surface area (Å²) >= 11 is 0. The third-order valence-corrected chi connectivity index (χ3v) is 5.13. The van der Waals surface area contributed by atoms with Crippen LogP contribution in [0.1, 0.15) is 37.2 Å². The third-order valence-electron chi connectivity index (χ3n) is 5.13. The highest BCUT2D eigenvalue weighted by Crippen LogP contribution is 2.37. The summed E-state index contributed by atoms with van der Waals surface area (Å²) in [7, 11) is 0. The van der Waals surface area contributed by atoms with Gasteiger partial charge in [0.2, 0.25) is 0 Å². The van der Waals surface area contributed by atoms with Crippen LogP contribution in [0.5, 0.6) is 0 Å². The lowest BCUT2D eigenvalue weighted by molar-refractivity contribution is 0.0200. The quantitative estimate of drug-likeness (QED) is 0.925. The van der Waals surface area contributed by atoms with Crippen LogP contribution in [0.15, 0.2) is 30.3 Å². The number of nitrogens with zero attached hydrogens (tertiary/aromatic N) is 1. The Hall–Kier alpha value is -0.900. The molecule has 1 N–H and O–H groups in total. The van der Waals surface area contributed by atoms with Crippen LogP contribution in [0.3, 0.4) is 0 Å². The van der Waals surface area contributed by atoms with Crippen LogP contribution in [0.2, 0.25) is 0 Å². The topological polar surface area (TPSA) is 32.7 Å². The number of hydrogen-bond acceptors (Lipinski definition) is 3. The van der Waals surface area contributed by atoms with Crippen LogP contribution in [0.4, 0.5) is 0 Å². The molecular formula is C18H27NO2. The zero-order valence-corrected chi connectivity index (χ0v) is 12.8. The predicted octanol–water partition coefficient (Wildman–Crippen LogP) is 2.65. The van der Waals surface area contributed by atoms with Crippen LogP contribution >= 0.6 is 0 Å². The summed E-state index contributed by atoms with van der Waals surface area (Å²) in [6.07, 6.45) is 4.22. The highest BCUT2D eigenvalue weighted by Gasteiger charge is 2.30. The van der Waals surface area contributed by atoms with Crippen LogP contribution < -0.4 is 0 Å². The Morgan fingerprint density at radius 2 is 1.86 bits per heavy atom. The Labute approximate surface area is 127 Å². The van der Waals surface area contributed by atoms with Gasteiger partial charge in [0.25, 0.3) is 0 Å². The molecule has 0 radical (unpaired) electrons. The monoisotopic (exact) mass is 289 g/mol. The Morgan fingerprint density at radius 1 is 1.10 bits per heavy atom. The smallest absolute Gasteiger partial charge is 0.0594 e. The van der Waals surface area contributed by atoms with Crippen molar-refractivity contribution in [2.45, 2.75) is 37.7 Å². The number of aliphatic hydroxyl groups excluding tert-OH is 1. The highest BCUT2D eigenvalue weighted by molar-refractivity contribution is 5.20. The molecule has 2 fully saturated rings. The summed E-state index contributed by atoms with van der Waals surface area (Å²) in [4.78, 5) is 2.47. The van der Waals surface area contributed by atoms with E-state index < -0.39 is 0 Å². The van der Waals surface area contributed by atoms with E-state index in [0.717, 1.165) is 58.5 Å².